The molecule has 0 aliphatic carbocycles. The maximum absolute atomic E-state index is 11.1. The quantitative estimate of drug-likeness (QED) is 0.461. The zero-order chi connectivity index (χ0) is 10.4. The van der Waals surface area contributed by atoms with Gasteiger partial charge in [-0.3, -0.25) is 5.41 Å². The van der Waals surface area contributed by atoms with Crippen LogP contribution in [0.3, 0.4) is 0 Å². The van der Waals surface area contributed by atoms with Crippen LogP contribution in [0.2, 0.25) is 0 Å². The highest BCUT2D eigenvalue weighted by atomic mass is 32.2. The molecular formula is C10H11NO2S. The van der Waals surface area contributed by atoms with Crippen molar-refractivity contribution in [3.05, 3.63) is 35.9 Å². The summed E-state index contributed by atoms with van der Waals surface area (Å²) >= 11 is 1.08. The lowest BCUT2D eigenvalue weighted by molar-refractivity contribution is -0.136. The van der Waals surface area contributed by atoms with Gasteiger partial charge in [0.25, 0.3) is 0 Å². The van der Waals surface area contributed by atoms with Crippen molar-refractivity contribution >= 4 is 22.8 Å². The summed E-state index contributed by atoms with van der Waals surface area (Å²) in [5.74, 6) is -0.568. The van der Waals surface area contributed by atoms with Crippen LogP contribution >= 0.6 is 11.8 Å². The van der Waals surface area contributed by atoms with Crippen LogP contribution in [0.25, 0.3) is 0 Å². The third kappa shape index (κ3) is 3.22. The SMILES string of the molecule is CSC(=N)C(=O)OCc1ccccc1. The first-order chi connectivity index (χ1) is 6.74. The van der Waals surface area contributed by atoms with E-state index < -0.39 is 5.97 Å². The van der Waals surface area contributed by atoms with Crippen LogP contribution < -0.4 is 0 Å². The summed E-state index contributed by atoms with van der Waals surface area (Å²) < 4.78 is 4.90. The number of hydrogen-bond donors (Lipinski definition) is 1. The van der Waals surface area contributed by atoms with Gasteiger partial charge in [-0.1, -0.05) is 30.3 Å². The van der Waals surface area contributed by atoms with E-state index in [0.717, 1.165) is 17.3 Å². The predicted octanol–water partition coefficient (Wildman–Crippen LogP) is 2.07. The lowest BCUT2D eigenvalue weighted by Gasteiger charge is -2.03. The van der Waals surface area contributed by atoms with E-state index in [1.165, 1.54) is 0 Å². The Morgan fingerprint density at radius 1 is 1.43 bits per heavy atom. The largest absolute Gasteiger partial charge is 0.456 e. The molecule has 0 aliphatic rings. The van der Waals surface area contributed by atoms with Gasteiger partial charge in [0.1, 0.15) is 6.61 Å². The smallest absolute Gasteiger partial charge is 0.363 e. The number of ether oxygens (including phenoxy) is 1. The Hall–Kier alpha value is -1.29. The summed E-state index contributed by atoms with van der Waals surface area (Å²) in [5, 5.41) is 7.13. The number of rotatable bonds is 2. The minimum Gasteiger partial charge on any atom is -0.456 e. The van der Waals surface area contributed by atoms with E-state index in [9.17, 15) is 4.79 Å². The molecule has 0 spiro atoms. The van der Waals surface area contributed by atoms with Crippen molar-refractivity contribution in [2.45, 2.75) is 6.61 Å². The summed E-state index contributed by atoms with van der Waals surface area (Å²) in [4.78, 5) is 11.1. The van der Waals surface area contributed by atoms with Gasteiger partial charge in [-0.25, -0.2) is 4.79 Å². The molecule has 0 amide bonds. The highest BCUT2D eigenvalue weighted by molar-refractivity contribution is 8.14. The van der Waals surface area contributed by atoms with E-state index >= 15 is 0 Å². The monoisotopic (exact) mass is 209 g/mol. The van der Waals surface area contributed by atoms with E-state index in [1.807, 2.05) is 30.3 Å². The van der Waals surface area contributed by atoms with E-state index in [1.54, 1.807) is 6.26 Å². The van der Waals surface area contributed by atoms with Gasteiger partial charge >= 0.3 is 5.97 Å². The number of thioether (sulfide) groups is 1. The first-order valence-electron chi connectivity index (χ1n) is 4.07. The molecule has 14 heavy (non-hydrogen) atoms. The summed E-state index contributed by atoms with van der Waals surface area (Å²) in [7, 11) is 0. The lowest BCUT2D eigenvalue weighted by Crippen LogP contribution is -2.12. The Morgan fingerprint density at radius 3 is 2.64 bits per heavy atom. The number of hydrogen-bond acceptors (Lipinski definition) is 4. The van der Waals surface area contributed by atoms with Gasteiger partial charge in [-0.2, -0.15) is 0 Å². The molecule has 1 aromatic rings. The molecule has 0 radical (unpaired) electrons. The van der Waals surface area contributed by atoms with Crippen LogP contribution in [0.4, 0.5) is 0 Å². The molecule has 0 saturated carbocycles. The highest BCUT2D eigenvalue weighted by Gasteiger charge is 2.08. The maximum atomic E-state index is 11.1. The van der Waals surface area contributed by atoms with Crippen molar-refractivity contribution in [1.29, 1.82) is 5.41 Å². The van der Waals surface area contributed by atoms with Crippen LogP contribution in [0.1, 0.15) is 5.56 Å². The first kappa shape index (κ1) is 10.8. The zero-order valence-corrected chi connectivity index (χ0v) is 8.64. The molecule has 1 aromatic carbocycles. The van der Waals surface area contributed by atoms with Crippen LogP contribution in [0.15, 0.2) is 30.3 Å². The first-order valence-corrected chi connectivity index (χ1v) is 5.30. The second kappa shape index (κ2) is 5.44. The minimum atomic E-state index is -0.568. The Labute approximate surface area is 87.0 Å². The van der Waals surface area contributed by atoms with Gasteiger partial charge in [0.05, 0.1) is 0 Å². The van der Waals surface area contributed by atoms with Gasteiger partial charge in [-0.05, 0) is 11.8 Å². The number of carbonyl (C=O) groups is 1. The fourth-order valence-electron chi connectivity index (χ4n) is 0.872. The number of carbonyl (C=O) groups excluding carboxylic acids is 1. The van der Waals surface area contributed by atoms with Crippen molar-refractivity contribution < 1.29 is 9.53 Å². The summed E-state index contributed by atoms with van der Waals surface area (Å²) in [6.45, 7) is 0.225. The molecule has 0 heterocycles. The van der Waals surface area contributed by atoms with Crippen LogP contribution in [0, 0.1) is 5.41 Å². The average Bonchev–Trinajstić information content (AvgIpc) is 2.26. The normalized spacial score (nSPS) is 9.50. The molecule has 1 N–H and O–H groups in total. The summed E-state index contributed by atoms with van der Waals surface area (Å²) in [5.41, 5.74) is 0.926. The van der Waals surface area contributed by atoms with Crippen molar-refractivity contribution in [1.82, 2.24) is 0 Å². The predicted molar refractivity (Wildman–Crippen MR) is 57.5 cm³/mol. The third-order valence-corrected chi connectivity index (χ3v) is 2.18. The molecular weight excluding hydrogens is 198 g/mol. The van der Waals surface area contributed by atoms with Gasteiger partial charge < -0.3 is 4.74 Å². The molecule has 0 fully saturated rings. The van der Waals surface area contributed by atoms with Crippen molar-refractivity contribution in [2.24, 2.45) is 0 Å². The van der Waals surface area contributed by atoms with Crippen LogP contribution in [-0.4, -0.2) is 17.3 Å². The van der Waals surface area contributed by atoms with E-state index in [0.29, 0.717) is 0 Å². The van der Waals surface area contributed by atoms with Crippen molar-refractivity contribution in [3.8, 4) is 0 Å². The van der Waals surface area contributed by atoms with Gasteiger partial charge in [0.15, 0.2) is 5.04 Å². The van der Waals surface area contributed by atoms with E-state index in [4.69, 9.17) is 10.1 Å². The minimum absolute atomic E-state index is 0.0686. The number of esters is 1. The van der Waals surface area contributed by atoms with Gasteiger partial charge in [-0.15, -0.1) is 11.8 Å². The summed E-state index contributed by atoms with van der Waals surface area (Å²) in [6, 6.07) is 9.40. The average molecular weight is 209 g/mol. The maximum Gasteiger partial charge on any atom is 0.363 e. The van der Waals surface area contributed by atoms with Crippen LogP contribution in [-0.2, 0) is 16.1 Å². The zero-order valence-electron chi connectivity index (χ0n) is 7.82. The topological polar surface area (TPSA) is 50.2 Å². The Bertz CT molecular complexity index is 324. The Morgan fingerprint density at radius 2 is 2.07 bits per heavy atom. The molecule has 0 aliphatic heterocycles. The number of benzene rings is 1. The van der Waals surface area contributed by atoms with Crippen molar-refractivity contribution in [3.63, 3.8) is 0 Å². The molecule has 1 rings (SSSR count). The van der Waals surface area contributed by atoms with E-state index in [-0.39, 0.29) is 11.7 Å². The Balaban J connectivity index is 2.42. The highest BCUT2D eigenvalue weighted by Crippen LogP contribution is 2.03. The number of nitrogens with one attached hydrogen (secondary N) is 1. The lowest BCUT2D eigenvalue weighted by atomic mass is 10.2. The molecule has 74 valence electrons. The molecule has 4 heteroatoms. The standard InChI is InChI=1S/C10H11NO2S/c1-14-9(11)10(12)13-7-8-5-3-2-4-6-8/h2-6,11H,7H2,1H3. The molecule has 0 bridgehead atoms. The van der Waals surface area contributed by atoms with Crippen LogP contribution in [0.5, 0.6) is 0 Å². The van der Waals surface area contributed by atoms with E-state index in [2.05, 4.69) is 0 Å². The third-order valence-electron chi connectivity index (χ3n) is 1.60. The fraction of sp³-hybridized carbons (Fsp3) is 0.200. The molecule has 0 saturated heterocycles. The Kier molecular flexibility index (Phi) is 4.19. The second-order valence-corrected chi connectivity index (χ2v) is 3.41. The molecule has 0 unspecified atom stereocenters. The van der Waals surface area contributed by atoms with Gasteiger partial charge in [0, 0.05) is 0 Å². The fourth-order valence-corrected chi connectivity index (χ4v) is 1.10. The molecule has 0 aromatic heterocycles. The van der Waals surface area contributed by atoms with Gasteiger partial charge in [0.2, 0.25) is 0 Å². The second-order valence-electron chi connectivity index (χ2n) is 2.59. The molecule has 0 atom stereocenters. The molecule has 3 nitrogen and oxygen atoms in total. The summed E-state index contributed by atoms with van der Waals surface area (Å²) in [6.07, 6.45) is 1.67. The van der Waals surface area contributed by atoms with Crippen molar-refractivity contribution in [2.75, 3.05) is 6.26 Å².